The molecule has 132 valence electrons. The number of likely N-dealkylation sites (tertiary alicyclic amines) is 1. The van der Waals surface area contributed by atoms with Gasteiger partial charge in [0.25, 0.3) is 0 Å². The molecule has 3 atom stereocenters. The summed E-state index contributed by atoms with van der Waals surface area (Å²) in [4.78, 5) is 26.5. The highest BCUT2D eigenvalue weighted by molar-refractivity contribution is 5.87. The van der Waals surface area contributed by atoms with Gasteiger partial charge >= 0.3 is 0 Å². The van der Waals surface area contributed by atoms with Gasteiger partial charge < -0.3 is 15.5 Å². The van der Waals surface area contributed by atoms with Crippen molar-refractivity contribution in [1.29, 1.82) is 0 Å². The molecule has 0 aromatic heterocycles. The molecule has 0 bridgehead atoms. The van der Waals surface area contributed by atoms with Crippen LogP contribution >= 0.6 is 12.4 Å². The predicted octanol–water partition coefficient (Wildman–Crippen LogP) is 1.56. The molecule has 3 aliphatic rings. The van der Waals surface area contributed by atoms with Gasteiger partial charge in [-0.05, 0) is 56.5 Å². The second-order valence-electron chi connectivity index (χ2n) is 7.30. The molecule has 2 saturated heterocycles. The first-order valence-electron chi connectivity index (χ1n) is 8.91. The van der Waals surface area contributed by atoms with Gasteiger partial charge in [0.1, 0.15) is 6.04 Å². The molecule has 3 fully saturated rings. The molecule has 0 aromatic carbocycles. The summed E-state index contributed by atoms with van der Waals surface area (Å²) in [6, 6.07) is -0.295. The van der Waals surface area contributed by atoms with Gasteiger partial charge in [0, 0.05) is 20.0 Å². The highest BCUT2D eigenvalue weighted by atomic mass is 35.5. The summed E-state index contributed by atoms with van der Waals surface area (Å²) >= 11 is 0. The van der Waals surface area contributed by atoms with E-state index in [1.807, 2.05) is 4.90 Å². The Balaban J connectivity index is 0.00000192. The van der Waals surface area contributed by atoms with Gasteiger partial charge in [0.2, 0.25) is 11.8 Å². The van der Waals surface area contributed by atoms with Crippen molar-refractivity contribution in [1.82, 2.24) is 15.5 Å². The molecule has 0 spiro atoms. The molecule has 2 heterocycles. The van der Waals surface area contributed by atoms with E-state index in [0.717, 1.165) is 63.7 Å². The third kappa shape index (κ3) is 4.38. The van der Waals surface area contributed by atoms with Crippen LogP contribution in [0.4, 0.5) is 0 Å². The van der Waals surface area contributed by atoms with Gasteiger partial charge in [-0.25, -0.2) is 0 Å². The normalized spacial score (nSPS) is 29.3. The minimum absolute atomic E-state index is 0. The van der Waals surface area contributed by atoms with Gasteiger partial charge in [-0.2, -0.15) is 0 Å². The maximum Gasteiger partial charge on any atom is 0.245 e. The molecule has 2 aliphatic heterocycles. The van der Waals surface area contributed by atoms with Crippen molar-refractivity contribution in [3.05, 3.63) is 0 Å². The zero-order valence-corrected chi connectivity index (χ0v) is 14.9. The zero-order valence-electron chi connectivity index (χ0n) is 14.1. The Kier molecular flexibility index (Phi) is 6.72. The van der Waals surface area contributed by atoms with Gasteiger partial charge in [-0.3, -0.25) is 9.59 Å². The average Bonchev–Trinajstić information content (AvgIpc) is 3.13. The second-order valence-corrected chi connectivity index (χ2v) is 7.30. The molecule has 2 N–H and O–H groups in total. The number of nitrogens with zero attached hydrogens (tertiary/aromatic N) is 1. The van der Waals surface area contributed by atoms with E-state index in [9.17, 15) is 9.59 Å². The molecule has 1 saturated carbocycles. The summed E-state index contributed by atoms with van der Waals surface area (Å²) in [6.07, 6.45) is 6.70. The summed E-state index contributed by atoms with van der Waals surface area (Å²) in [5, 5.41) is 6.42. The van der Waals surface area contributed by atoms with Crippen LogP contribution in [-0.4, -0.2) is 48.9 Å². The summed E-state index contributed by atoms with van der Waals surface area (Å²) in [7, 11) is 0. The fraction of sp³-hybridized carbons (Fsp3) is 0.882. The first-order chi connectivity index (χ1) is 10.6. The second kappa shape index (κ2) is 8.34. The van der Waals surface area contributed by atoms with Crippen LogP contribution in [0.3, 0.4) is 0 Å². The summed E-state index contributed by atoms with van der Waals surface area (Å²) < 4.78 is 0. The van der Waals surface area contributed by atoms with Crippen molar-refractivity contribution in [2.24, 2.45) is 17.8 Å². The lowest BCUT2D eigenvalue weighted by atomic mass is 9.92. The SMILES string of the molecule is CC(=O)NC(C(=O)N1CC[C@@H]2CNC[C@@H]2CC1)C1CCCC1.Cl. The number of rotatable bonds is 3. The first kappa shape index (κ1) is 18.5. The molecule has 6 heteroatoms. The van der Waals surface area contributed by atoms with Crippen LogP contribution in [0, 0.1) is 17.8 Å². The van der Waals surface area contributed by atoms with Gasteiger partial charge in [-0.1, -0.05) is 12.8 Å². The molecular weight excluding hydrogens is 314 g/mol. The average molecular weight is 344 g/mol. The Hall–Kier alpha value is -0.810. The van der Waals surface area contributed by atoms with E-state index in [0.29, 0.717) is 5.92 Å². The van der Waals surface area contributed by atoms with Gasteiger partial charge in [-0.15, -0.1) is 12.4 Å². The lowest BCUT2D eigenvalue weighted by molar-refractivity contribution is -0.137. The zero-order chi connectivity index (χ0) is 15.5. The number of fused-ring (bicyclic) bond motifs is 1. The van der Waals surface area contributed by atoms with E-state index in [1.165, 1.54) is 19.8 Å². The van der Waals surface area contributed by atoms with Gasteiger partial charge in [0.15, 0.2) is 0 Å². The molecular formula is C17H30ClN3O2. The molecule has 1 aliphatic carbocycles. The molecule has 23 heavy (non-hydrogen) atoms. The molecule has 0 radical (unpaired) electrons. The van der Waals surface area contributed by atoms with E-state index >= 15 is 0 Å². The Morgan fingerprint density at radius 3 is 2.13 bits per heavy atom. The molecule has 3 rings (SSSR count). The predicted molar refractivity (Wildman–Crippen MR) is 92.5 cm³/mol. The number of carbonyl (C=O) groups excluding carboxylic acids is 2. The Bertz CT molecular complexity index is 412. The van der Waals surface area contributed by atoms with Crippen LogP contribution in [0.15, 0.2) is 0 Å². The van der Waals surface area contributed by atoms with Crippen molar-refractivity contribution >= 4 is 24.2 Å². The molecule has 5 nitrogen and oxygen atoms in total. The maximum absolute atomic E-state index is 13.0. The standard InChI is InChI=1S/C17H29N3O2.ClH/c1-12(21)19-16(13-4-2-3-5-13)17(22)20-8-6-14-10-18-11-15(14)7-9-20;/h13-16,18H,2-11H2,1H3,(H,19,21);1H/t14-,15+,16?;. The topological polar surface area (TPSA) is 61.4 Å². The van der Waals surface area contributed by atoms with Crippen molar-refractivity contribution < 1.29 is 9.59 Å². The van der Waals surface area contributed by atoms with E-state index in [-0.39, 0.29) is 30.3 Å². The number of halogens is 1. The van der Waals surface area contributed by atoms with Crippen LogP contribution in [-0.2, 0) is 9.59 Å². The van der Waals surface area contributed by atoms with E-state index < -0.39 is 0 Å². The Morgan fingerprint density at radius 2 is 1.61 bits per heavy atom. The van der Waals surface area contributed by atoms with Crippen LogP contribution in [0.25, 0.3) is 0 Å². The van der Waals surface area contributed by atoms with Crippen molar-refractivity contribution in [3.63, 3.8) is 0 Å². The third-order valence-electron chi connectivity index (χ3n) is 5.83. The smallest absolute Gasteiger partial charge is 0.245 e. The summed E-state index contributed by atoms with van der Waals surface area (Å²) in [6.45, 7) is 5.43. The van der Waals surface area contributed by atoms with Crippen LogP contribution in [0.5, 0.6) is 0 Å². The number of carbonyl (C=O) groups is 2. The van der Waals surface area contributed by atoms with E-state index in [2.05, 4.69) is 10.6 Å². The minimum atomic E-state index is -0.295. The Labute approximate surface area is 145 Å². The van der Waals surface area contributed by atoms with Crippen molar-refractivity contribution in [3.8, 4) is 0 Å². The quantitative estimate of drug-likeness (QED) is 0.817. The molecule has 1 unspecified atom stereocenters. The summed E-state index contributed by atoms with van der Waals surface area (Å²) in [5.41, 5.74) is 0. The van der Waals surface area contributed by atoms with Crippen molar-refractivity contribution in [2.75, 3.05) is 26.2 Å². The van der Waals surface area contributed by atoms with Crippen molar-refractivity contribution in [2.45, 2.75) is 51.5 Å². The first-order valence-corrected chi connectivity index (χ1v) is 8.91. The number of hydrogen-bond donors (Lipinski definition) is 2. The fourth-order valence-corrected chi connectivity index (χ4v) is 4.53. The lowest BCUT2D eigenvalue weighted by Crippen LogP contribution is -2.51. The van der Waals surface area contributed by atoms with Crippen LogP contribution in [0.1, 0.15) is 45.4 Å². The Morgan fingerprint density at radius 1 is 1.04 bits per heavy atom. The highest BCUT2D eigenvalue weighted by Gasteiger charge is 2.37. The van der Waals surface area contributed by atoms with E-state index in [1.54, 1.807) is 0 Å². The van der Waals surface area contributed by atoms with Crippen LogP contribution < -0.4 is 10.6 Å². The monoisotopic (exact) mass is 343 g/mol. The highest BCUT2D eigenvalue weighted by Crippen LogP contribution is 2.31. The summed E-state index contributed by atoms with van der Waals surface area (Å²) in [5.74, 6) is 1.86. The van der Waals surface area contributed by atoms with Crippen LogP contribution in [0.2, 0.25) is 0 Å². The fourth-order valence-electron chi connectivity index (χ4n) is 4.53. The number of amides is 2. The third-order valence-corrected chi connectivity index (χ3v) is 5.83. The maximum atomic E-state index is 13.0. The van der Waals surface area contributed by atoms with E-state index in [4.69, 9.17) is 0 Å². The lowest BCUT2D eigenvalue weighted by Gasteiger charge is -2.30. The number of nitrogens with one attached hydrogen (secondary N) is 2. The minimum Gasteiger partial charge on any atom is -0.344 e. The number of hydrogen-bond acceptors (Lipinski definition) is 3. The largest absolute Gasteiger partial charge is 0.344 e. The molecule has 0 aromatic rings. The van der Waals surface area contributed by atoms with Gasteiger partial charge in [0.05, 0.1) is 0 Å². The molecule has 2 amide bonds.